The van der Waals surface area contributed by atoms with Crippen molar-refractivity contribution in [1.29, 1.82) is 0 Å². The lowest BCUT2D eigenvalue weighted by atomic mass is 10.2. The van der Waals surface area contributed by atoms with Crippen molar-refractivity contribution in [1.82, 2.24) is 10.3 Å². The van der Waals surface area contributed by atoms with Crippen LogP contribution in [-0.4, -0.2) is 30.2 Å². The minimum absolute atomic E-state index is 0.625. The molecule has 0 amide bonds. The van der Waals surface area contributed by atoms with E-state index >= 15 is 0 Å². The van der Waals surface area contributed by atoms with Crippen molar-refractivity contribution < 1.29 is 0 Å². The Balaban J connectivity index is 1.77. The highest BCUT2D eigenvalue weighted by atomic mass is 35.5. The summed E-state index contributed by atoms with van der Waals surface area (Å²) in [6.45, 7) is 2.24. The summed E-state index contributed by atoms with van der Waals surface area (Å²) in [6, 6.07) is 3.35. The maximum atomic E-state index is 6.25. The second kappa shape index (κ2) is 4.83. The van der Waals surface area contributed by atoms with E-state index in [9.17, 15) is 0 Å². The third-order valence-electron chi connectivity index (χ3n) is 3.63. The van der Waals surface area contributed by atoms with E-state index in [0.29, 0.717) is 12.1 Å². The van der Waals surface area contributed by atoms with Crippen molar-refractivity contribution in [2.45, 2.75) is 37.8 Å². The van der Waals surface area contributed by atoms with Crippen molar-refractivity contribution in [2.24, 2.45) is 0 Å². The van der Waals surface area contributed by atoms with E-state index in [1.54, 1.807) is 6.20 Å². The van der Waals surface area contributed by atoms with Crippen molar-refractivity contribution >= 4 is 17.3 Å². The monoisotopic (exact) mass is 251 g/mol. The predicted molar refractivity (Wildman–Crippen MR) is 70.6 cm³/mol. The summed E-state index contributed by atoms with van der Waals surface area (Å²) in [5.41, 5.74) is 1.15. The first-order chi connectivity index (χ1) is 8.34. The van der Waals surface area contributed by atoms with Crippen molar-refractivity contribution in [3.8, 4) is 0 Å². The minimum atomic E-state index is 0.625. The standard InChI is InChI=1S/C13H18ClN3/c14-12-8-15-7-5-13(12)17(11-3-4-11)9-10-2-1-6-16-10/h5,7-8,10-11,16H,1-4,6,9H2. The van der Waals surface area contributed by atoms with E-state index in [-0.39, 0.29) is 0 Å². The molecule has 1 saturated carbocycles. The summed E-state index contributed by atoms with van der Waals surface area (Å²) in [4.78, 5) is 6.53. The summed E-state index contributed by atoms with van der Waals surface area (Å²) < 4.78 is 0. The van der Waals surface area contributed by atoms with Crippen LogP contribution in [0.3, 0.4) is 0 Å². The molecule has 1 unspecified atom stereocenters. The van der Waals surface area contributed by atoms with Gasteiger partial charge in [-0.15, -0.1) is 0 Å². The van der Waals surface area contributed by atoms with Crippen molar-refractivity contribution in [3.05, 3.63) is 23.5 Å². The molecule has 1 aromatic heterocycles. The SMILES string of the molecule is Clc1cnccc1N(CC1CCCN1)C1CC1. The summed E-state index contributed by atoms with van der Waals surface area (Å²) in [5, 5.41) is 4.33. The van der Waals surface area contributed by atoms with E-state index in [1.165, 1.54) is 25.7 Å². The van der Waals surface area contributed by atoms with Gasteiger partial charge in [0.2, 0.25) is 0 Å². The van der Waals surface area contributed by atoms with Gasteiger partial charge in [-0.2, -0.15) is 0 Å². The number of hydrogen-bond acceptors (Lipinski definition) is 3. The lowest BCUT2D eigenvalue weighted by Crippen LogP contribution is -2.39. The molecule has 3 rings (SSSR count). The van der Waals surface area contributed by atoms with Gasteiger partial charge in [-0.05, 0) is 38.3 Å². The summed E-state index contributed by atoms with van der Waals surface area (Å²) in [7, 11) is 0. The highest BCUT2D eigenvalue weighted by molar-refractivity contribution is 6.33. The number of halogens is 1. The molecule has 0 spiro atoms. The van der Waals surface area contributed by atoms with Crippen LogP contribution in [0, 0.1) is 0 Å². The van der Waals surface area contributed by atoms with Gasteiger partial charge in [0.1, 0.15) is 0 Å². The Morgan fingerprint density at radius 3 is 2.94 bits per heavy atom. The zero-order valence-corrected chi connectivity index (χ0v) is 10.7. The molecular weight excluding hydrogens is 234 g/mol. The summed E-state index contributed by atoms with van der Waals surface area (Å²) in [6.07, 6.45) is 8.75. The highest BCUT2D eigenvalue weighted by Gasteiger charge is 2.32. The van der Waals surface area contributed by atoms with Gasteiger partial charge in [0.05, 0.1) is 10.7 Å². The maximum absolute atomic E-state index is 6.25. The van der Waals surface area contributed by atoms with E-state index < -0.39 is 0 Å². The number of hydrogen-bond donors (Lipinski definition) is 1. The number of aromatic nitrogens is 1. The average molecular weight is 252 g/mol. The van der Waals surface area contributed by atoms with Crippen molar-refractivity contribution in [3.63, 3.8) is 0 Å². The van der Waals surface area contributed by atoms with E-state index in [1.807, 2.05) is 12.3 Å². The van der Waals surface area contributed by atoms with Crippen LogP contribution in [0.25, 0.3) is 0 Å². The second-order valence-corrected chi connectivity index (χ2v) is 5.41. The molecule has 2 fully saturated rings. The lowest BCUT2D eigenvalue weighted by Gasteiger charge is -2.28. The number of rotatable bonds is 4. The Morgan fingerprint density at radius 1 is 1.41 bits per heavy atom. The fourth-order valence-corrected chi connectivity index (χ4v) is 2.81. The van der Waals surface area contributed by atoms with Crippen LogP contribution in [0.5, 0.6) is 0 Å². The van der Waals surface area contributed by atoms with Crippen LogP contribution < -0.4 is 10.2 Å². The first kappa shape index (κ1) is 11.3. The molecule has 1 aliphatic carbocycles. The van der Waals surface area contributed by atoms with Gasteiger partial charge in [0.25, 0.3) is 0 Å². The predicted octanol–water partition coefficient (Wildman–Crippen LogP) is 2.46. The van der Waals surface area contributed by atoms with Crippen LogP contribution in [-0.2, 0) is 0 Å². The first-order valence-electron chi connectivity index (χ1n) is 6.44. The Hall–Kier alpha value is -0.800. The molecule has 1 aliphatic heterocycles. The third-order valence-corrected chi connectivity index (χ3v) is 3.92. The van der Waals surface area contributed by atoms with Gasteiger partial charge >= 0.3 is 0 Å². The molecule has 0 radical (unpaired) electrons. The van der Waals surface area contributed by atoms with Crippen LogP contribution in [0.2, 0.25) is 5.02 Å². The zero-order valence-electron chi connectivity index (χ0n) is 9.90. The summed E-state index contributed by atoms with van der Waals surface area (Å²) >= 11 is 6.25. The normalized spacial score (nSPS) is 23.9. The molecule has 4 heteroatoms. The summed E-state index contributed by atoms with van der Waals surface area (Å²) in [5.74, 6) is 0. The Morgan fingerprint density at radius 2 is 2.29 bits per heavy atom. The van der Waals surface area contributed by atoms with Crippen LogP contribution in [0.1, 0.15) is 25.7 Å². The zero-order chi connectivity index (χ0) is 11.7. The molecule has 92 valence electrons. The van der Waals surface area contributed by atoms with Crippen LogP contribution in [0.4, 0.5) is 5.69 Å². The topological polar surface area (TPSA) is 28.2 Å². The Labute approximate surface area is 107 Å². The number of nitrogens with one attached hydrogen (secondary N) is 1. The highest BCUT2D eigenvalue weighted by Crippen LogP contribution is 2.35. The molecule has 1 saturated heterocycles. The van der Waals surface area contributed by atoms with Gasteiger partial charge in [0.15, 0.2) is 0 Å². The molecule has 0 bridgehead atoms. The van der Waals surface area contributed by atoms with E-state index in [0.717, 1.165) is 23.8 Å². The fourth-order valence-electron chi connectivity index (χ4n) is 2.58. The third kappa shape index (κ3) is 2.55. The largest absolute Gasteiger partial charge is 0.366 e. The van der Waals surface area contributed by atoms with Gasteiger partial charge < -0.3 is 10.2 Å². The number of anilines is 1. The fraction of sp³-hybridized carbons (Fsp3) is 0.615. The smallest absolute Gasteiger partial charge is 0.0822 e. The maximum Gasteiger partial charge on any atom is 0.0822 e. The minimum Gasteiger partial charge on any atom is -0.366 e. The molecule has 2 heterocycles. The molecule has 1 aromatic rings. The van der Waals surface area contributed by atoms with Gasteiger partial charge in [-0.1, -0.05) is 11.6 Å². The van der Waals surface area contributed by atoms with Gasteiger partial charge in [0, 0.05) is 31.0 Å². The lowest BCUT2D eigenvalue weighted by molar-refractivity contribution is 0.578. The Kier molecular flexibility index (Phi) is 3.21. The molecule has 1 atom stereocenters. The molecular formula is C13H18ClN3. The molecule has 17 heavy (non-hydrogen) atoms. The van der Waals surface area contributed by atoms with Gasteiger partial charge in [-0.3, -0.25) is 4.98 Å². The van der Waals surface area contributed by atoms with E-state index in [4.69, 9.17) is 11.6 Å². The van der Waals surface area contributed by atoms with Crippen molar-refractivity contribution in [2.75, 3.05) is 18.0 Å². The number of pyridine rings is 1. The van der Waals surface area contributed by atoms with E-state index in [2.05, 4.69) is 15.2 Å². The molecule has 2 aliphatic rings. The average Bonchev–Trinajstić information content (AvgIpc) is 3.05. The van der Waals surface area contributed by atoms with Gasteiger partial charge in [-0.25, -0.2) is 0 Å². The van der Waals surface area contributed by atoms with Crippen LogP contribution in [0.15, 0.2) is 18.5 Å². The molecule has 0 aromatic carbocycles. The second-order valence-electron chi connectivity index (χ2n) is 5.00. The number of nitrogens with zero attached hydrogens (tertiary/aromatic N) is 2. The first-order valence-corrected chi connectivity index (χ1v) is 6.82. The van der Waals surface area contributed by atoms with Crippen LogP contribution >= 0.6 is 11.6 Å². The molecule has 1 N–H and O–H groups in total. The quantitative estimate of drug-likeness (QED) is 0.891. The molecule has 3 nitrogen and oxygen atoms in total. The Bertz CT molecular complexity index is 386.